The minimum atomic E-state index is -0.697. The number of rotatable bonds is 4. The number of aryl methyl sites for hydroxylation is 1. The van der Waals surface area contributed by atoms with Gasteiger partial charge in [-0.2, -0.15) is 0 Å². The quantitative estimate of drug-likeness (QED) is 0.903. The lowest BCUT2D eigenvalue weighted by Gasteiger charge is -2.33. The number of carboxylic acid groups (broad SMARTS) is 1. The van der Waals surface area contributed by atoms with Crippen molar-refractivity contribution < 1.29 is 9.90 Å². The van der Waals surface area contributed by atoms with Crippen LogP contribution in [0.25, 0.3) is 0 Å². The van der Waals surface area contributed by atoms with Crippen LogP contribution in [0, 0.1) is 5.41 Å². The molecule has 0 saturated heterocycles. The average molecular weight is 261 g/mol. The summed E-state index contributed by atoms with van der Waals surface area (Å²) in [4.78, 5) is 13.8. The summed E-state index contributed by atoms with van der Waals surface area (Å²) in [6, 6.07) is 8.40. The van der Waals surface area contributed by atoms with Gasteiger partial charge in [-0.25, -0.2) is 0 Å². The molecule has 0 amide bonds. The van der Waals surface area contributed by atoms with Crippen molar-refractivity contribution in [3.8, 4) is 0 Å². The average Bonchev–Trinajstić information content (AvgIpc) is 2.61. The number of nitrogens with zero attached hydrogens (tertiary/aromatic N) is 1. The van der Waals surface area contributed by atoms with Crippen molar-refractivity contribution in [2.45, 2.75) is 39.5 Å². The Balaban J connectivity index is 2.27. The number of hydrogen-bond acceptors (Lipinski definition) is 2. The molecule has 1 aliphatic heterocycles. The van der Waals surface area contributed by atoms with Crippen LogP contribution >= 0.6 is 0 Å². The zero-order valence-corrected chi connectivity index (χ0v) is 11.9. The summed E-state index contributed by atoms with van der Waals surface area (Å²) in [5.41, 5.74) is 1.90. The van der Waals surface area contributed by atoms with Gasteiger partial charge in [0.25, 0.3) is 0 Å². The third-order valence-corrected chi connectivity index (χ3v) is 4.29. The monoisotopic (exact) mass is 261 g/mol. The van der Waals surface area contributed by atoms with Crippen LogP contribution in [-0.4, -0.2) is 24.2 Å². The van der Waals surface area contributed by atoms with Gasteiger partial charge in [0.05, 0.1) is 5.41 Å². The zero-order valence-electron chi connectivity index (χ0n) is 11.9. The number of carboxylic acids is 1. The van der Waals surface area contributed by atoms with E-state index in [-0.39, 0.29) is 0 Å². The number of aliphatic carboxylic acids is 1. The first kappa shape index (κ1) is 13.9. The van der Waals surface area contributed by atoms with Crippen LogP contribution in [0.5, 0.6) is 0 Å². The van der Waals surface area contributed by atoms with E-state index in [9.17, 15) is 9.90 Å². The molecule has 3 nitrogen and oxygen atoms in total. The summed E-state index contributed by atoms with van der Waals surface area (Å²) in [5.74, 6) is -0.697. The highest BCUT2D eigenvalue weighted by Gasteiger charge is 2.34. The Labute approximate surface area is 115 Å². The number of hydrogen-bond donors (Lipinski definition) is 1. The second-order valence-corrected chi connectivity index (χ2v) is 5.73. The summed E-state index contributed by atoms with van der Waals surface area (Å²) < 4.78 is 0. The molecule has 1 unspecified atom stereocenters. The van der Waals surface area contributed by atoms with E-state index in [0.29, 0.717) is 13.0 Å². The third-order valence-electron chi connectivity index (χ3n) is 4.29. The zero-order chi connectivity index (χ0) is 13.9. The number of anilines is 1. The van der Waals surface area contributed by atoms with E-state index in [1.54, 1.807) is 0 Å². The first-order valence-corrected chi connectivity index (χ1v) is 7.13. The van der Waals surface area contributed by atoms with E-state index in [1.165, 1.54) is 17.7 Å². The molecule has 104 valence electrons. The maximum atomic E-state index is 11.5. The fraction of sp³-hybridized carbons (Fsp3) is 0.562. The molecule has 0 saturated carbocycles. The van der Waals surface area contributed by atoms with Crippen molar-refractivity contribution >= 4 is 11.7 Å². The van der Waals surface area contributed by atoms with Gasteiger partial charge in [-0.3, -0.25) is 4.79 Å². The van der Waals surface area contributed by atoms with Crippen molar-refractivity contribution in [1.82, 2.24) is 0 Å². The van der Waals surface area contributed by atoms with E-state index in [0.717, 1.165) is 19.4 Å². The summed E-state index contributed by atoms with van der Waals surface area (Å²) in [6.07, 6.45) is 4.07. The highest BCUT2D eigenvalue weighted by molar-refractivity contribution is 5.75. The Morgan fingerprint density at radius 2 is 2.11 bits per heavy atom. The van der Waals surface area contributed by atoms with Crippen molar-refractivity contribution in [2.24, 2.45) is 5.41 Å². The molecule has 1 heterocycles. The Morgan fingerprint density at radius 1 is 1.37 bits per heavy atom. The lowest BCUT2D eigenvalue weighted by Crippen LogP contribution is -2.41. The second kappa shape index (κ2) is 5.64. The fourth-order valence-corrected chi connectivity index (χ4v) is 2.69. The highest BCUT2D eigenvalue weighted by atomic mass is 16.4. The predicted molar refractivity (Wildman–Crippen MR) is 77.6 cm³/mol. The maximum absolute atomic E-state index is 11.5. The topological polar surface area (TPSA) is 40.5 Å². The SMILES string of the molecule is CCC(C)(CN1CCCCc2ccccc21)C(=O)O. The van der Waals surface area contributed by atoms with E-state index >= 15 is 0 Å². The molecule has 0 fully saturated rings. The summed E-state index contributed by atoms with van der Waals surface area (Å²) in [5, 5.41) is 9.45. The van der Waals surface area contributed by atoms with E-state index in [2.05, 4.69) is 23.1 Å². The first-order valence-electron chi connectivity index (χ1n) is 7.13. The molecule has 0 spiro atoms. The minimum absolute atomic E-state index is 0.593. The molecule has 0 aliphatic carbocycles. The first-order chi connectivity index (χ1) is 9.07. The lowest BCUT2D eigenvalue weighted by molar-refractivity contribution is -0.147. The molecule has 0 bridgehead atoms. The summed E-state index contributed by atoms with van der Waals surface area (Å²) in [6.45, 7) is 5.36. The number of fused-ring (bicyclic) bond motifs is 1. The predicted octanol–water partition coefficient (Wildman–Crippen LogP) is 3.33. The molecule has 2 rings (SSSR count). The molecular weight excluding hydrogens is 238 g/mol. The van der Waals surface area contributed by atoms with Crippen LogP contribution in [0.2, 0.25) is 0 Å². The molecule has 1 aromatic carbocycles. The van der Waals surface area contributed by atoms with Crippen molar-refractivity contribution in [1.29, 1.82) is 0 Å². The Hall–Kier alpha value is -1.51. The van der Waals surface area contributed by atoms with Crippen LogP contribution in [0.1, 0.15) is 38.7 Å². The van der Waals surface area contributed by atoms with Gasteiger partial charge in [-0.15, -0.1) is 0 Å². The molecule has 1 aromatic rings. The van der Waals surface area contributed by atoms with E-state index in [4.69, 9.17) is 0 Å². The standard InChI is InChI=1S/C16H23NO2/c1-3-16(2,15(18)19)12-17-11-7-6-9-13-8-4-5-10-14(13)17/h4-5,8,10H,3,6-7,9,11-12H2,1-2H3,(H,18,19). The molecule has 1 aliphatic rings. The van der Waals surface area contributed by atoms with Gasteiger partial charge in [0.2, 0.25) is 0 Å². The lowest BCUT2D eigenvalue weighted by atomic mass is 9.87. The van der Waals surface area contributed by atoms with E-state index in [1.807, 2.05) is 19.9 Å². The van der Waals surface area contributed by atoms with Gasteiger partial charge in [-0.05, 0) is 44.2 Å². The Bertz CT molecular complexity index is 458. The van der Waals surface area contributed by atoms with Gasteiger partial charge >= 0.3 is 5.97 Å². The van der Waals surface area contributed by atoms with Crippen LogP contribution in [0.4, 0.5) is 5.69 Å². The number of para-hydroxylation sites is 1. The summed E-state index contributed by atoms with van der Waals surface area (Å²) in [7, 11) is 0. The third kappa shape index (κ3) is 2.91. The normalized spacial score (nSPS) is 18.3. The smallest absolute Gasteiger partial charge is 0.311 e. The number of carbonyl (C=O) groups is 1. The Morgan fingerprint density at radius 3 is 2.79 bits per heavy atom. The minimum Gasteiger partial charge on any atom is -0.481 e. The van der Waals surface area contributed by atoms with Gasteiger partial charge in [-0.1, -0.05) is 25.1 Å². The van der Waals surface area contributed by atoms with Crippen molar-refractivity contribution in [3.05, 3.63) is 29.8 Å². The molecule has 0 aromatic heterocycles. The Kier molecular flexibility index (Phi) is 4.13. The van der Waals surface area contributed by atoms with Crippen molar-refractivity contribution in [3.63, 3.8) is 0 Å². The highest BCUT2D eigenvalue weighted by Crippen LogP contribution is 2.31. The second-order valence-electron chi connectivity index (χ2n) is 5.73. The molecule has 1 N–H and O–H groups in total. The molecule has 1 atom stereocenters. The van der Waals surface area contributed by atoms with E-state index < -0.39 is 11.4 Å². The van der Waals surface area contributed by atoms with Crippen molar-refractivity contribution in [2.75, 3.05) is 18.0 Å². The van der Waals surface area contributed by atoms with Crippen LogP contribution in [0.15, 0.2) is 24.3 Å². The molecule has 3 heteroatoms. The molecular formula is C16H23NO2. The van der Waals surface area contributed by atoms with Gasteiger partial charge in [0.1, 0.15) is 0 Å². The fourth-order valence-electron chi connectivity index (χ4n) is 2.69. The molecule has 19 heavy (non-hydrogen) atoms. The molecule has 0 radical (unpaired) electrons. The maximum Gasteiger partial charge on any atom is 0.311 e. The van der Waals surface area contributed by atoms with Crippen LogP contribution in [-0.2, 0) is 11.2 Å². The van der Waals surface area contributed by atoms with Gasteiger partial charge in [0, 0.05) is 18.8 Å². The number of benzene rings is 1. The van der Waals surface area contributed by atoms with Gasteiger partial charge < -0.3 is 10.0 Å². The summed E-state index contributed by atoms with van der Waals surface area (Å²) >= 11 is 0. The van der Waals surface area contributed by atoms with Gasteiger partial charge in [0.15, 0.2) is 0 Å². The largest absolute Gasteiger partial charge is 0.481 e. The van der Waals surface area contributed by atoms with Crippen LogP contribution < -0.4 is 4.90 Å². The van der Waals surface area contributed by atoms with Crippen LogP contribution in [0.3, 0.4) is 0 Å².